The molecule has 1 aliphatic rings. The van der Waals surface area contributed by atoms with Gasteiger partial charge in [0.2, 0.25) is 0 Å². The lowest BCUT2D eigenvalue weighted by atomic mass is 10.1. The molecule has 0 saturated carbocycles. The van der Waals surface area contributed by atoms with Crippen LogP contribution in [0.25, 0.3) is 0 Å². The van der Waals surface area contributed by atoms with Crippen LogP contribution in [0.4, 0.5) is 0 Å². The normalized spacial score (nSPS) is 18.7. The molecule has 0 aliphatic carbocycles. The number of hydrogen-bond acceptors (Lipinski definition) is 4. The zero-order chi connectivity index (χ0) is 14.4. The van der Waals surface area contributed by atoms with Crippen molar-refractivity contribution in [1.29, 1.82) is 0 Å². The molecule has 0 radical (unpaired) electrons. The molecule has 0 aromatic heterocycles. The largest absolute Gasteiger partial charge is 0.468 e. The standard InChI is InChI=1S/C16H24N2O2/c1-14(16(19)20-2)18-12-10-17(11-13-18)9-8-15-6-4-3-5-7-15/h3-7,14H,8-13H2,1-2H3. The summed E-state index contributed by atoms with van der Waals surface area (Å²) in [6.45, 7) is 6.92. The van der Waals surface area contributed by atoms with E-state index in [1.807, 2.05) is 6.92 Å². The molecular weight excluding hydrogens is 252 g/mol. The molecule has 4 heteroatoms. The van der Waals surface area contributed by atoms with Crippen LogP contribution in [-0.2, 0) is 16.0 Å². The molecule has 1 aliphatic heterocycles. The van der Waals surface area contributed by atoms with Gasteiger partial charge in [0.05, 0.1) is 7.11 Å². The number of hydrogen-bond donors (Lipinski definition) is 0. The third-order valence-electron chi connectivity index (χ3n) is 4.06. The number of nitrogens with zero attached hydrogens (tertiary/aromatic N) is 2. The van der Waals surface area contributed by atoms with Gasteiger partial charge >= 0.3 is 5.97 Å². The Labute approximate surface area is 121 Å². The van der Waals surface area contributed by atoms with Crippen molar-refractivity contribution in [2.45, 2.75) is 19.4 Å². The van der Waals surface area contributed by atoms with Gasteiger partial charge in [-0.1, -0.05) is 30.3 Å². The third-order valence-corrected chi connectivity index (χ3v) is 4.06. The van der Waals surface area contributed by atoms with Crippen LogP contribution in [0, 0.1) is 0 Å². The maximum absolute atomic E-state index is 11.5. The number of piperazine rings is 1. The van der Waals surface area contributed by atoms with E-state index in [1.54, 1.807) is 0 Å². The second-order valence-electron chi connectivity index (χ2n) is 5.31. The van der Waals surface area contributed by atoms with Gasteiger partial charge in [0.25, 0.3) is 0 Å². The van der Waals surface area contributed by atoms with E-state index in [0.29, 0.717) is 0 Å². The van der Waals surface area contributed by atoms with Gasteiger partial charge in [-0.15, -0.1) is 0 Å². The highest BCUT2D eigenvalue weighted by Crippen LogP contribution is 2.09. The van der Waals surface area contributed by atoms with Crippen molar-refractivity contribution in [2.75, 3.05) is 39.8 Å². The summed E-state index contributed by atoms with van der Waals surface area (Å²) in [6, 6.07) is 10.5. The summed E-state index contributed by atoms with van der Waals surface area (Å²) in [7, 11) is 1.45. The Morgan fingerprint density at radius 3 is 2.45 bits per heavy atom. The molecule has 110 valence electrons. The predicted octanol–water partition coefficient (Wildman–Crippen LogP) is 1.41. The number of methoxy groups -OCH3 is 1. The lowest BCUT2D eigenvalue weighted by molar-refractivity contribution is -0.147. The molecule has 0 N–H and O–H groups in total. The smallest absolute Gasteiger partial charge is 0.322 e. The average Bonchev–Trinajstić information content (AvgIpc) is 2.53. The molecule has 2 rings (SSSR count). The van der Waals surface area contributed by atoms with E-state index in [-0.39, 0.29) is 12.0 Å². The van der Waals surface area contributed by atoms with Crippen LogP contribution >= 0.6 is 0 Å². The summed E-state index contributed by atoms with van der Waals surface area (Å²) in [4.78, 5) is 16.2. The maximum atomic E-state index is 11.5. The van der Waals surface area contributed by atoms with Crippen LogP contribution in [0.1, 0.15) is 12.5 Å². The number of carbonyl (C=O) groups is 1. The summed E-state index contributed by atoms with van der Waals surface area (Å²) >= 11 is 0. The van der Waals surface area contributed by atoms with E-state index < -0.39 is 0 Å². The average molecular weight is 276 g/mol. The van der Waals surface area contributed by atoms with Crippen LogP contribution in [0.3, 0.4) is 0 Å². The lowest BCUT2D eigenvalue weighted by Crippen LogP contribution is -2.52. The Bertz CT molecular complexity index is 414. The van der Waals surface area contributed by atoms with Crippen molar-refractivity contribution in [3.8, 4) is 0 Å². The van der Waals surface area contributed by atoms with Gasteiger partial charge < -0.3 is 9.64 Å². The van der Waals surface area contributed by atoms with E-state index >= 15 is 0 Å². The Kier molecular flexibility index (Phi) is 5.56. The molecule has 1 aromatic carbocycles. The summed E-state index contributed by atoms with van der Waals surface area (Å²) < 4.78 is 4.80. The van der Waals surface area contributed by atoms with Gasteiger partial charge in [0, 0.05) is 32.7 Å². The Morgan fingerprint density at radius 2 is 1.85 bits per heavy atom. The topological polar surface area (TPSA) is 32.8 Å². The molecule has 0 bridgehead atoms. The van der Waals surface area contributed by atoms with Gasteiger partial charge in [-0.3, -0.25) is 9.69 Å². The fourth-order valence-corrected chi connectivity index (χ4v) is 2.63. The number of esters is 1. The zero-order valence-electron chi connectivity index (χ0n) is 12.4. The van der Waals surface area contributed by atoms with E-state index in [4.69, 9.17) is 4.74 Å². The van der Waals surface area contributed by atoms with Gasteiger partial charge in [-0.25, -0.2) is 0 Å². The first-order chi connectivity index (χ1) is 9.70. The summed E-state index contributed by atoms with van der Waals surface area (Å²) in [6.07, 6.45) is 1.09. The highest BCUT2D eigenvalue weighted by molar-refractivity contribution is 5.75. The third kappa shape index (κ3) is 4.05. The van der Waals surface area contributed by atoms with Crippen molar-refractivity contribution in [3.63, 3.8) is 0 Å². The van der Waals surface area contributed by atoms with Gasteiger partial charge in [0.1, 0.15) is 6.04 Å². The summed E-state index contributed by atoms with van der Waals surface area (Å²) in [5.74, 6) is -0.136. The van der Waals surface area contributed by atoms with E-state index in [1.165, 1.54) is 12.7 Å². The first kappa shape index (κ1) is 15.0. The zero-order valence-corrected chi connectivity index (χ0v) is 12.4. The minimum absolute atomic E-state index is 0.128. The van der Waals surface area contributed by atoms with Crippen molar-refractivity contribution in [2.24, 2.45) is 0 Å². The first-order valence-electron chi connectivity index (χ1n) is 7.29. The Morgan fingerprint density at radius 1 is 1.20 bits per heavy atom. The van der Waals surface area contributed by atoms with Crippen LogP contribution in [-0.4, -0.2) is 61.6 Å². The van der Waals surface area contributed by atoms with Crippen molar-refractivity contribution >= 4 is 5.97 Å². The Balaban J connectivity index is 1.73. The number of rotatable bonds is 5. The predicted molar refractivity (Wildman–Crippen MR) is 79.6 cm³/mol. The van der Waals surface area contributed by atoms with Crippen LogP contribution in [0.2, 0.25) is 0 Å². The molecule has 1 atom stereocenters. The highest BCUT2D eigenvalue weighted by atomic mass is 16.5. The second kappa shape index (κ2) is 7.41. The summed E-state index contributed by atoms with van der Waals surface area (Å²) in [5, 5.41) is 0. The second-order valence-corrected chi connectivity index (χ2v) is 5.31. The number of ether oxygens (including phenoxy) is 1. The number of carbonyl (C=O) groups excluding carboxylic acids is 1. The summed E-state index contributed by atoms with van der Waals surface area (Å²) in [5.41, 5.74) is 1.39. The fraction of sp³-hybridized carbons (Fsp3) is 0.562. The van der Waals surface area contributed by atoms with Crippen molar-refractivity contribution in [1.82, 2.24) is 9.80 Å². The molecule has 0 amide bonds. The molecule has 1 aromatic rings. The quantitative estimate of drug-likeness (QED) is 0.761. The molecule has 1 unspecified atom stereocenters. The van der Waals surface area contributed by atoms with Crippen LogP contribution in [0.5, 0.6) is 0 Å². The number of benzene rings is 1. The molecule has 4 nitrogen and oxygen atoms in total. The van der Waals surface area contributed by atoms with Crippen molar-refractivity contribution in [3.05, 3.63) is 35.9 Å². The van der Waals surface area contributed by atoms with Crippen LogP contribution in [0.15, 0.2) is 30.3 Å². The monoisotopic (exact) mass is 276 g/mol. The minimum atomic E-state index is -0.136. The van der Waals surface area contributed by atoms with E-state index in [2.05, 4.69) is 40.1 Å². The van der Waals surface area contributed by atoms with E-state index in [9.17, 15) is 4.79 Å². The fourth-order valence-electron chi connectivity index (χ4n) is 2.63. The van der Waals surface area contributed by atoms with Crippen molar-refractivity contribution < 1.29 is 9.53 Å². The molecule has 1 saturated heterocycles. The van der Waals surface area contributed by atoms with Crippen LogP contribution < -0.4 is 0 Å². The first-order valence-corrected chi connectivity index (χ1v) is 7.29. The minimum Gasteiger partial charge on any atom is -0.468 e. The maximum Gasteiger partial charge on any atom is 0.322 e. The van der Waals surface area contributed by atoms with Gasteiger partial charge in [0.15, 0.2) is 0 Å². The van der Waals surface area contributed by atoms with Gasteiger partial charge in [-0.2, -0.15) is 0 Å². The lowest BCUT2D eigenvalue weighted by Gasteiger charge is -2.36. The molecule has 1 heterocycles. The highest BCUT2D eigenvalue weighted by Gasteiger charge is 2.25. The molecule has 0 spiro atoms. The van der Waals surface area contributed by atoms with E-state index in [0.717, 1.165) is 39.1 Å². The molecular formula is C16H24N2O2. The SMILES string of the molecule is COC(=O)C(C)N1CCN(CCc2ccccc2)CC1. The Hall–Kier alpha value is -1.39. The molecule has 20 heavy (non-hydrogen) atoms. The molecule has 1 fully saturated rings. The van der Waals surface area contributed by atoms with Gasteiger partial charge in [-0.05, 0) is 18.9 Å².